The van der Waals surface area contributed by atoms with Crippen molar-refractivity contribution in [1.82, 2.24) is 10.2 Å². The van der Waals surface area contributed by atoms with Gasteiger partial charge in [0.15, 0.2) is 0 Å². The van der Waals surface area contributed by atoms with Crippen LogP contribution in [0.1, 0.15) is 22.8 Å². The number of para-hydroxylation sites is 1. The van der Waals surface area contributed by atoms with Crippen molar-refractivity contribution in [3.05, 3.63) is 90.0 Å². The lowest BCUT2D eigenvalue weighted by Crippen LogP contribution is -2.30. The average molecular weight is 463 g/mol. The standard InChI is InChI=1S/C24H22N4O4S/c1-3-28(20-7-5-4-6-8-20)33(30,31)21-15-13-18(14-16-21)22(29)25-24-27-26-23(32-24)19-11-9-17(2)10-12-19/h4-16H,3H2,1-2H3,(H,25,27,29). The van der Waals surface area contributed by atoms with E-state index in [0.717, 1.165) is 11.1 Å². The Bertz CT molecular complexity index is 1350. The number of aryl methyl sites for hydroxylation is 1. The minimum absolute atomic E-state index is 0.0477. The third-order valence-electron chi connectivity index (χ3n) is 4.98. The number of anilines is 2. The van der Waals surface area contributed by atoms with Crippen LogP contribution < -0.4 is 9.62 Å². The molecule has 0 radical (unpaired) electrons. The first-order valence-electron chi connectivity index (χ1n) is 10.3. The molecule has 0 saturated carbocycles. The maximum absolute atomic E-state index is 13.1. The molecule has 0 aliphatic carbocycles. The Balaban J connectivity index is 1.49. The Morgan fingerprint density at radius 2 is 1.61 bits per heavy atom. The van der Waals surface area contributed by atoms with Gasteiger partial charge >= 0.3 is 6.01 Å². The van der Waals surface area contributed by atoms with E-state index in [1.54, 1.807) is 31.2 Å². The second-order valence-electron chi connectivity index (χ2n) is 7.26. The number of aromatic nitrogens is 2. The van der Waals surface area contributed by atoms with Gasteiger partial charge in [0.1, 0.15) is 0 Å². The predicted molar refractivity (Wildman–Crippen MR) is 126 cm³/mol. The van der Waals surface area contributed by atoms with Crippen molar-refractivity contribution in [2.75, 3.05) is 16.2 Å². The first kappa shape index (κ1) is 22.2. The van der Waals surface area contributed by atoms with Crippen molar-refractivity contribution in [2.24, 2.45) is 0 Å². The topological polar surface area (TPSA) is 105 Å². The minimum atomic E-state index is -3.78. The Hall–Kier alpha value is -3.98. The lowest BCUT2D eigenvalue weighted by Gasteiger charge is -2.22. The van der Waals surface area contributed by atoms with Gasteiger partial charge in [-0.25, -0.2) is 8.42 Å². The second-order valence-corrected chi connectivity index (χ2v) is 9.12. The van der Waals surface area contributed by atoms with E-state index in [1.807, 2.05) is 37.3 Å². The molecule has 3 aromatic carbocycles. The van der Waals surface area contributed by atoms with Crippen LogP contribution in [0.15, 0.2) is 88.2 Å². The summed E-state index contributed by atoms with van der Waals surface area (Å²) < 4.78 is 33.0. The highest BCUT2D eigenvalue weighted by molar-refractivity contribution is 7.92. The van der Waals surface area contributed by atoms with Crippen LogP contribution in [0, 0.1) is 6.92 Å². The van der Waals surface area contributed by atoms with Crippen molar-refractivity contribution in [3.63, 3.8) is 0 Å². The van der Waals surface area contributed by atoms with E-state index in [0.29, 0.717) is 5.69 Å². The number of nitrogens with one attached hydrogen (secondary N) is 1. The molecular weight excluding hydrogens is 440 g/mol. The molecule has 9 heteroatoms. The Kier molecular flexibility index (Phi) is 6.23. The summed E-state index contributed by atoms with van der Waals surface area (Å²) in [5.74, 6) is -0.208. The molecule has 4 rings (SSSR count). The number of hydrogen-bond acceptors (Lipinski definition) is 6. The Morgan fingerprint density at radius 1 is 0.939 bits per heavy atom. The van der Waals surface area contributed by atoms with Gasteiger partial charge in [-0.3, -0.25) is 14.4 Å². The van der Waals surface area contributed by atoms with E-state index in [9.17, 15) is 13.2 Å². The van der Waals surface area contributed by atoms with Gasteiger partial charge in [-0.2, -0.15) is 0 Å². The van der Waals surface area contributed by atoms with Gasteiger partial charge in [0.2, 0.25) is 5.89 Å². The number of carbonyl (C=O) groups excluding carboxylic acids is 1. The van der Waals surface area contributed by atoms with Gasteiger partial charge in [0.25, 0.3) is 15.9 Å². The van der Waals surface area contributed by atoms with Crippen LogP contribution in [0.2, 0.25) is 0 Å². The zero-order chi connectivity index (χ0) is 23.4. The maximum atomic E-state index is 13.1. The fourth-order valence-corrected chi connectivity index (χ4v) is 4.72. The molecule has 0 atom stereocenters. The molecule has 1 heterocycles. The fraction of sp³-hybridized carbons (Fsp3) is 0.125. The summed E-state index contributed by atoms with van der Waals surface area (Å²) in [6.45, 7) is 4.01. The third kappa shape index (κ3) is 4.78. The zero-order valence-electron chi connectivity index (χ0n) is 18.1. The van der Waals surface area contributed by atoms with Crippen molar-refractivity contribution < 1.29 is 17.6 Å². The number of carbonyl (C=O) groups is 1. The molecule has 4 aromatic rings. The highest BCUT2D eigenvalue weighted by Gasteiger charge is 2.24. The highest BCUT2D eigenvalue weighted by Crippen LogP contribution is 2.24. The Labute approximate surface area is 191 Å². The quantitative estimate of drug-likeness (QED) is 0.433. The summed E-state index contributed by atoms with van der Waals surface area (Å²) >= 11 is 0. The van der Waals surface area contributed by atoms with Gasteiger partial charge in [-0.1, -0.05) is 41.0 Å². The molecule has 33 heavy (non-hydrogen) atoms. The van der Waals surface area contributed by atoms with Crippen molar-refractivity contribution in [2.45, 2.75) is 18.7 Å². The van der Waals surface area contributed by atoms with Crippen LogP contribution in [0.3, 0.4) is 0 Å². The molecule has 0 aliphatic rings. The number of benzene rings is 3. The van der Waals surface area contributed by atoms with E-state index in [2.05, 4.69) is 15.5 Å². The van der Waals surface area contributed by atoms with Crippen LogP contribution in [0.5, 0.6) is 0 Å². The van der Waals surface area contributed by atoms with Crippen LogP contribution >= 0.6 is 0 Å². The number of hydrogen-bond donors (Lipinski definition) is 1. The molecule has 8 nitrogen and oxygen atoms in total. The number of sulfonamides is 1. The predicted octanol–water partition coefficient (Wildman–Crippen LogP) is 4.51. The fourth-order valence-electron chi connectivity index (χ4n) is 3.25. The van der Waals surface area contributed by atoms with Crippen LogP contribution in [-0.4, -0.2) is 31.1 Å². The first-order chi connectivity index (χ1) is 15.9. The van der Waals surface area contributed by atoms with Crippen molar-refractivity contribution in [1.29, 1.82) is 0 Å². The van der Waals surface area contributed by atoms with Crippen LogP contribution in [0.25, 0.3) is 11.5 Å². The first-order valence-corrected chi connectivity index (χ1v) is 11.7. The molecular formula is C24H22N4O4S. The summed E-state index contributed by atoms with van der Waals surface area (Å²) in [6, 6.07) is 22.0. The number of nitrogens with zero attached hydrogens (tertiary/aromatic N) is 3. The van der Waals surface area contributed by atoms with Crippen molar-refractivity contribution >= 4 is 27.6 Å². The molecule has 0 unspecified atom stereocenters. The second kappa shape index (κ2) is 9.25. The van der Waals surface area contributed by atoms with E-state index >= 15 is 0 Å². The molecule has 1 N–H and O–H groups in total. The van der Waals surface area contributed by atoms with Gasteiger partial charge < -0.3 is 4.42 Å². The van der Waals surface area contributed by atoms with Gasteiger partial charge in [-0.05, 0) is 62.4 Å². The van der Waals surface area contributed by atoms with E-state index in [4.69, 9.17) is 4.42 Å². The summed E-state index contributed by atoms with van der Waals surface area (Å²) in [6.07, 6.45) is 0. The van der Waals surface area contributed by atoms with Gasteiger partial charge in [0.05, 0.1) is 10.6 Å². The monoisotopic (exact) mass is 462 g/mol. The average Bonchev–Trinajstić information content (AvgIpc) is 3.29. The minimum Gasteiger partial charge on any atom is -0.403 e. The maximum Gasteiger partial charge on any atom is 0.322 e. The van der Waals surface area contributed by atoms with Crippen molar-refractivity contribution in [3.8, 4) is 11.5 Å². The van der Waals surface area contributed by atoms with Gasteiger partial charge in [0, 0.05) is 17.7 Å². The lowest BCUT2D eigenvalue weighted by molar-refractivity contribution is 0.102. The summed E-state index contributed by atoms with van der Waals surface area (Å²) in [5, 5.41) is 10.3. The van der Waals surface area contributed by atoms with Crippen LogP contribution in [-0.2, 0) is 10.0 Å². The Morgan fingerprint density at radius 3 is 2.24 bits per heavy atom. The molecule has 0 aliphatic heterocycles. The molecule has 1 aromatic heterocycles. The largest absolute Gasteiger partial charge is 0.403 e. The zero-order valence-corrected chi connectivity index (χ0v) is 18.9. The molecule has 168 valence electrons. The molecule has 0 saturated heterocycles. The van der Waals surface area contributed by atoms with E-state index < -0.39 is 15.9 Å². The molecule has 0 fully saturated rings. The number of rotatable bonds is 7. The van der Waals surface area contributed by atoms with E-state index in [1.165, 1.54) is 28.6 Å². The third-order valence-corrected chi connectivity index (χ3v) is 6.90. The summed E-state index contributed by atoms with van der Waals surface area (Å²) in [5.41, 5.74) is 2.67. The highest BCUT2D eigenvalue weighted by atomic mass is 32.2. The SMILES string of the molecule is CCN(c1ccccc1)S(=O)(=O)c1ccc(C(=O)Nc2nnc(-c3ccc(C)cc3)o2)cc1. The van der Waals surface area contributed by atoms with Gasteiger partial charge in [-0.15, -0.1) is 5.10 Å². The summed E-state index contributed by atoms with van der Waals surface area (Å²) in [7, 11) is -3.78. The normalized spacial score (nSPS) is 11.2. The van der Waals surface area contributed by atoms with Crippen LogP contribution in [0.4, 0.5) is 11.7 Å². The number of amides is 1. The molecule has 0 spiro atoms. The smallest absolute Gasteiger partial charge is 0.322 e. The molecule has 0 bridgehead atoms. The van der Waals surface area contributed by atoms with E-state index in [-0.39, 0.29) is 28.9 Å². The molecule has 1 amide bonds. The lowest BCUT2D eigenvalue weighted by atomic mass is 10.1. The summed E-state index contributed by atoms with van der Waals surface area (Å²) in [4.78, 5) is 12.7.